The average Bonchev–Trinajstić information content (AvgIpc) is 2.35. The molecular formula is C14H18F3N3O. The van der Waals surface area contributed by atoms with Crippen molar-refractivity contribution in [3.63, 3.8) is 0 Å². The summed E-state index contributed by atoms with van der Waals surface area (Å²) in [7, 11) is 0. The van der Waals surface area contributed by atoms with Gasteiger partial charge in [-0.05, 0) is 43.5 Å². The standard InChI is InChI=1S/C14H18F3N3O/c15-14(16,17)10-4-6-11(7-5-10)19-13(21)20(9-8-18)12-2-1-3-12/h4-7,12H,1-3,8-9,18H2,(H,19,21). The van der Waals surface area contributed by atoms with Crippen molar-refractivity contribution < 1.29 is 18.0 Å². The summed E-state index contributed by atoms with van der Waals surface area (Å²) in [6.07, 6.45) is -1.40. The summed E-state index contributed by atoms with van der Waals surface area (Å²) in [5.74, 6) is 0. The summed E-state index contributed by atoms with van der Waals surface area (Å²) in [5, 5.41) is 2.62. The number of alkyl halides is 3. The van der Waals surface area contributed by atoms with E-state index in [1.165, 1.54) is 12.1 Å². The predicted octanol–water partition coefficient (Wildman–Crippen LogP) is 3.05. The van der Waals surface area contributed by atoms with E-state index in [4.69, 9.17) is 5.73 Å². The van der Waals surface area contributed by atoms with E-state index in [-0.39, 0.29) is 12.1 Å². The third-order valence-corrected chi connectivity index (χ3v) is 3.61. The number of nitrogens with zero attached hydrogens (tertiary/aromatic N) is 1. The van der Waals surface area contributed by atoms with Crippen LogP contribution >= 0.6 is 0 Å². The summed E-state index contributed by atoms with van der Waals surface area (Å²) in [6, 6.07) is 4.27. The van der Waals surface area contributed by atoms with Crippen LogP contribution in [0.3, 0.4) is 0 Å². The molecule has 1 aliphatic rings. The lowest BCUT2D eigenvalue weighted by molar-refractivity contribution is -0.137. The molecule has 1 aliphatic carbocycles. The Kier molecular flexibility index (Phi) is 4.72. The van der Waals surface area contributed by atoms with Gasteiger partial charge in [-0.25, -0.2) is 4.79 Å². The number of benzene rings is 1. The number of anilines is 1. The van der Waals surface area contributed by atoms with Crippen molar-refractivity contribution in [3.05, 3.63) is 29.8 Å². The zero-order chi connectivity index (χ0) is 15.5. The van der Waals surface area contributed by atoms with Gasteiger partial charge in [0.25, 0.3) is 0 Å². The molecule has 1 saturated carbocycles. The lowest BCUT2D eigenvalue weighted by Crippen LogP contribution is -2.48. The SMILES string of the molecule is NCCN(C(=O)Nc1ccc(C(F)(F)F)cc1)C1CCC1. The third kappa shape index (κ3) is 3.87. The highest BCUT2D eigenvalue weighted by molar-refractivity contribution is 5.89. The molecule has 1 aromatic carbocycles. The molecule has 0 saturated heterocycles. The van der Waals surface area contributed by atoms with Gasteiger partial charge in [0, 0.05) is 24.8 Å². The Labute approximate surface area is 121 Å². The normalized spacial score (nSPS) is 15.4. The number of nitrogens with one attached hydrogen (secondary N) is 1. The minimum atomic E-state index is -4.37. The van der Waals surface area contributed by atoms with Crippen LogP contribution in [0.15, 0.2) is 24.3 Å². The molecule has 0 aromatic heterocycles. The van der Waals surface area contributed by atoms with Crippen LogP contribution in [0.4, 0.5) is 23.7 Å². The first-order valence-corrected chi connectivity index (χ1v) is 6.87. The number of rotatable bonds is 4. The molecule has 0 atom stereocenters. The van der Waals surface area contributed by atoms with Crippen LogP contribution in [0.5, 0.6) is 0 Å². The van der Waals surface area contributed by atoms with Crippen molar-refractivity contribution in [2.45, 2.75) is 31.5 Å². The number of nitrogens with two attached hydrogens (primary N) is 1. The Morgan fingerprint density at radius 3 is 2.33 bits per heavy atom. The van der Waals surface area contributed by atoms with Crippen LogP contribution in [-0.2, 0) is 6.18 Å². The molecule has 0 spiro atoms. The van der Waals surface area contributed by atoms with Crippen LogP contribution in [-0.4, -0.2) is 30.1 Å². The molecule has 4 nitrogen and oxygen atoms in total. The number of halogens is 3. The molecule has 1 aromatic rings. The van der Waals surface area contributed by atoms with Gasteiger partial charge < -0.3 is 16.0 Å². The zero-order valence-corrected chi connectivity index (χ0v) is 11.5. The lowest BCUT2D eigenvalue weighted by Gasteiger charge is -2.37. The quantitative estimate of drug-likeness (QED) is 0.898. The van der Waals surface area contributed by atoms with Gasteiger partial charge in [-0.15, -0.1) is 0 Å². The van der Waals surface area contributed by atoms with Crippen molar-refractivity contribution in [1.82, 2.24) is 4.90 Å². The molecule has 0 radical (unpaired) electrons. The highest BCUT2D eigenvalue weighted by atomic mass is 19.4. The number of hydrogen-bond acceptors (Lipinski definition) is 2. The summed E-state index contributed by atoms with van der Waals surface area (Å²) >= 11 is 0. The largest absolute Gasteiger partial charge is 0.416 e. The van der Waals surface area contributed by atoms with Crippen LogP contribution in [0.2, 0.25) is 0 Å². The van der Waals surface area contributed by atoms with Gasteiger partial charge in [0.2, 0.25) is 0 Å². The van der Waals surface area contributed by atoms with Gasteiger partial charge in [-0.2, -0.15) is 13.2 Å². The van der Waals surface area contributed by atoms with Crippen LogP contribution in [0.25, 0.3) is 0 Å². The zero-order valence-electron chi connectivity index (χ0n) is 11.5. The third-order valence-electron chi connectivity index (χ3n) is 3.61. The minimum Gasteiger partial charge on any atom is -0.329 e. The van der Waals surface area contributed by atoms with Gasteiger partial charge in [0.1, 0.15) is 0 Å². The summed E-state index contributed by atoms with van der Waals surface area (Å²) in [5.41, 5.74) is 5.10. The highest BCUT2D eigenvalue weighted by Gasteiger charge is 2.30. The Hall–Kier alpha value is -1.76. The molecule has 2 amide bonds. The van der Waals surface area contributed by atoms with E-state index < -0.39 is 11.7 Å². The second-order valence-electron chi connectivity index (χ2n) is 5.07. The Morgan fingerprint density at radius 2 is 1.90 bits per heavy atom. The molecule has 0 unspecified atom stereocenters. The topological polar surface area (TPSA) is 58.4 Å². The predicted molar refractivity (Wildman–Crippen MR) is 73.9 cm³/mol. The van der Waals surface area contributed by atoms with Gasteiger partial charge in [-0.1, -0.05) is 0 Å². The maximum atomic E-state index is 12.5. The van der Waals surface area contributed by atoms with E-state index in [0.717, 1.165) is 31.4 Å². The van der Waals surface area contributed by atoms with Crippen LogP contribution in [0.1, 0.15) is 24.8 Å². The Balaban J connectivity index is 2.00. The van der Waals surface area contributed by atoms with E-state index in [0.29, 0.717) is 18.8 Å². The second kappa shape index (κ2) is 6.34. The fraction of sp³-hybridized carbons (Fsp3) is 0.500. The molecule has 21 heavy (non-hydrogen) atoms. The second-order valence-corrected chi connectivity index (χ2v) is 5.07. The summed E-state index contributed by atoms with van der Waals surface area (Å²) in [4.78, 5) is 13.8. The van der Waals surface area contributed by atoms with Gasteiger partial charge >= 0.3 is 12.2 Å². The number of hydrogen-bond donors (Lipinski definition) is 2. The van der Waals surface area contributed by atoms with Crippen molar-refractivity contribution in [3.8, 4) is 0 Å². The Morgan fingerprint density at radius 1 is 1.29 bits per heavy atom. The number of carbonyl (C=O) groups excluding carboxylic acids is 1. The van der Waals surface area contributed by atoms with E-state index >= 15 is 0 Å². The van der Waals surface area contributed by atoms with Crippen LogP contribution in [0, 0.1) is 0 Å². The maximum absolute atomic E-state index is 12.5. The molecule has 116 valence electrons. The molecule has 7 heteroatoms. The van der Waals surface area contributed by atoms with Crippen molar-refractivity contribution >= 4 is 11.7 Å². The molecule has 1 fully saturated rings. The maximum Gasteiger partial charge on any atom is 0.416 e. The average molecular weight is 301 g/mol. The monoisotopic (exact) mass is 301 g/mol. The van der Waals surface area contributed by atoms with Crippen molar-refractivity contribution in [1.29, 1.82) is 0 Å². The van der Waals surface area contributed by atoms with Gasteiger partial charge in [-0.3, -0.25) is 0 Å². The van der Waals surface area contributed by atoms with E-state index in [1.807, 2.05) is 0 Å². The van der Waals surface area contributed by atoms with E-state index in [9.17, 15) is 18.0 Å². The number of amides is 2. The molecular weight excluding hydrogens is 283 g/mol. The summed E-state index contributed by atoms with van der Waals surface area (Å²) in [6.45, 7) is 0.800. The first kappa shape index (κ1) is 15.6. The molecule has 0 bridgehead atoms. The Bertz CT molecular complexity index is 483. The fourth-order valence-corrected chi connectivity index (χ4v) is 2.23. The minimum absolute atomic E-state index is 0.183. The molecule has 2 rings (SSSR count). The van der Waals surface area contributed by atoms with E-state index in [1.54, 1.807) is 4.90 Å². The molecule has 3 N–H and O–H groups in total. The first-order valence-electron chi connectivity index (χ1n) is 6.87. The van der Waals surface area contributed by atoms with Crippen molar-refractivity contribution in [2.75, 3.05) is 18.4 Å². The smallest absolute Gasteiger partial charge is 0.329 e. The number of carbonyl (C=O) groups is 1. The summed E-state index contributed by atoms with van der Waals surface area (Å²) < 4.78 is 37.4. The fourth-order valence-electron chi connectivity index (χ4n) is 2.23. The molecule has 0 aliphatic heterocycles. The lowest BCUT2D eigenvalue weighted by atomic mass is 9.91. The van der Waals surface area contributed by atoms with Gasteiger partial charge in [0.15, 0.2) is 0 Å². The van der Waals surface area contributed by atoms with Gasteiger partial charge in [0.05, 0.1) is 5.56 Å². The first-order chi connectivity index (χ1) is 9.91. The van der Waals surface area contributed by atoms with Crippen molar-refractivity contribution in [2.24, 2.45) is 5.73 Å². The molecule has 0 heterocycles. The number of urea groups is 1. The van der Waals surface area contributed by atoms with E-state index in [2.05, 4.69) is 5.32 Å². The van der Waals surface area contributed by atoms with Crippen LogP contribution < -0.4 is 11.1 Å². The highest BCUT2D eigenvalue weighted by Crippen LogP contribution is 2.30.